The average molecular weight is 288 g/mol. The molecule has 4 heteroatoms. The second kappa shape index (κ2) is 6.18. The van der Waals surface area contributed by atoms with Gasteiger partial charge in [0, 0.05) is 13.6 Å². The lowest BCUT2D eigenvalue weighted by Gasteiger charge is -2.15. The Kier molecular flexibility index (Phi) is 4.55. The molecule has 0 atom stereocenters. The number of carbonyl (C=O) groups is 1. The van der Waals surface area contributed by atoms with Crippen LogP contribution in [0.4, 0.5) is 5.13 Å². The molecule has 0 radical (unpaired) electrons. The summed E-state index contributed by atoms with van der Waals surface area (Å²) in [7, 11) is 2.01. The third-order valence-corrected chi connectivity index (χ3v) is 4.30. The summed E-state index contributed by atoms with van der Waals surface area (Å²) in [6.07, 6.45) is 0.913. The van der Waals surface area contributed by atoms with Crippen molar-refractivity contribution in [2.45, 2.75) is 33.2 Å². The lowest BCUT2D eigenvalue weighted by molar-refractivity contribution is 0.112. The predicted molar refractivity (Wildman–Crippen MR) is 84.9 cm³/mol. The van der Waals surface area contributed by atoms with Crippen LogP contribution in [0.3, 0.4) is 0 Å². The number of thiazole rings is 1. The zero-order valence-corrected chi connectivity index (χ0v) is 13.2. The van der Waals surface area contributed by atoms with E-state index >= 15 is 0 Å². The Hall–Kier alpha value is -1.68. The molecule has 0 amide bonds. The van der Waals surface area contributed by atoms with Crippen LogP contribution in [-0.2, 0) is 6.54 Å². The fourth-order valence-electron chi connectivity index (χ4n) is 2.03. The standard InChI is InChI=1S/C16H20N2OS/c1-11(2)15-14(10-19)20-16(17-15)18(4)9-13-7-5-12(3)6-8-13/h5-8,10-11H,9H2,1-4H3. The van der Waals surface area contributed by atoms with E-state index in [9.17, 15) is 4.79 Å². The van der Waals surface area contributed by atoms with Crippen molar-refractivity contribution >= 4 is 22.8 Å². The van der Waals surface area contributed by atoms with Crippen molar-refractivity contribution in [3.8, 4) is 0 Å². The molecule has 1 aromatic carbocycles. The Balaban J connectivity index is 2.18. The maximum atomic E-state index is 11.1. The highest BCUT2D eigenvalue weighted by molar-refractivity contribution is 7.17. The van der Waals surface area contributed by atoms with Crippen LogP contribution in [0.15, 0.2) is 24.3 Å². The highest BCUT2D eigenvalue weighted by atomic mass is 32.1. The Bertz CT molecular complexity index is 587. The first kappa shape index (κ1) is 14.7. The van der Waals surface area contributed by atoms with Crippen molar-refractivity contribution in [1.29, 1.82) is 0 Å². The number of anilines is 1. The number of carbonyl (C=O) groups excluding carboxylic acids is 1. The number of nitrogens with zero attached hydrogens (tertiary/aromatic N) is 2. The molecule has 0 aliphatic carbocycles. The lowest BCUT2D eigenvalue weighted by Crippen LogP contribution is -2.16. The number of aromatic nitrogens is 1. The summed E-state index contributed by atoms with van der Waals surface area (Å²) in [5.74, 6) is 0.271. The van der Waals surface area contributed by atoms with Crippen LogP contribution in [0.1, 0.15) is 46.3 Å². The molecule has 2 aromatic rings. The molecule has 2 rings (SSSR count). The molecular formula is C16H20N2OS. The highest BCUT2D eigenvalue weighted by Crippen LogP contribution is 2.29. The lowest BCUT2D eigenvalue weighted by atomic mass is 10.1. The van der Waals surface area contributed by atoms with Gasteiger partial charge in [-0.05, 0) is 18.4 Å². The first-order chi connectivity index (χ1) is 9.51. The average Bonchev–Trinajstić information content (AvgIpc) is 2.86. The number of hydrogen-bond donors (Lipinski definition) is 0. The molecule has 0 unspecified atom stereocenters. The van der Waals surface area contributed by atoms with Crippen molar-refractivity contribution in [2.75, 3.05) is 11.9 Å². The first-order valence-electron chi connectivity index (χ1n) is 6.74. The van der Waals surface area contributed by atoms with Crippen molar-refractivity contribution in [2.24, 2.45) is 0 Å². The molecule has 0 saturated heterocycles. The molecule has 106 valence electrons. The molecule has 0 N–H and O–H groups in total. The quantitative estimate of drug-likeness (QED) is 0.779. The fraction of sp³-hybridized carbons (Fsp3) is 0.375. The minimum absolute atomic E-state index is 0.271. The maximum absolute atomic E-state index is 11.1. The van der Waals surface area contributed by atoms with Crippen LogP contribution in [0, 0.1) is 6.92 Å². The zero-order valence-electron chi connectivity index (χ0n) is 12.4. The summed E-state index contributed by atoms with van der Waals surface area (Å²) in [5, 5.41) is 0.899. The van der Waals surface area contributed by atoms with E-state index in [1.807, 2.05) is 7.05 Å². The van der Waals surface area contributed by atoms with E-state index in [4.69, 9.17) is 0 Å². The first-order valence-corrected chi connectivity index (χ1v) is 7.55. The van der Waals surface area contributed by atoms with Gasteiger partial charge in [-0.15, -0.1) is 0 Å². The Morgan fingerprint density at radius 2 is 1.95 bits per heavy atom. The summed E-state index contributed by atoms with van der Waals surface area (Å²) in [5.41, 5.74) is 3.40. The van der Waals surface area contributed by atoms with Crippen molar-refractivity contribution < 1.29 is 4.79 Å². The number of hydrogen-bond acceptors (Lipinski definition) is 4. The molecule has 1 aromatic heterocycles. The zero-order chi connectivity index (χ0) is 14.7. The molecular weight excluding hydrogens is 268 g/mol. The van der Waals surface area contributed by atoms with Crippen molar-refractivity contribution in [3.63, 3.8) is 0 Å². The van der Waals surface area contributed by atoms with Crippen molar-refractivity contribution in [1.82, 2.24) is 4.98 Å². The molecule has 0 fully saturated rings. The largest absolute Gasteiger partial charge is 0.347 e. The second-order valence-electron chi connectivity index (χ2n) is 5.36. The summed E-state index contributed by atoms with van der Waals surface area (Å²) < 4.78 is 0. The van der Waals surface area contributed by atoms with Gasteiger partial charge in [-0.2, -0.15) is 0 Å². The molecule has 0 saturated carbocycles. The molecule has 1 heterocycles. The van der Waals surface area contributed by atoms with Crippen molar-refractivity contribution in [3.05, 3.63) is 46.0 Å². The highest BCUT2D eigenvalue weighted by Gasteiger charge is 2.16. The molecule has 0 aliphatic rings. The maximum Gasteiger partial charge on any atom is 0.186 e. The minimum atomic E-state index is 0.271. The van der Waals surface area contributed by atoms with Gasteiger partial charge in [0.25, 0.3) is 0 Å². The van der Waals surface area contributed by atoms with Crippen LogP contribution in [-0.4, -0.2) is 18.3 Å². The second-order valence-corrected chi connectivity index (χ2v) is 6.37. The third-order valence-electron chi connectivity index (χ3n) is 3.19. The fourth-order valence-corrected chi connectivity index (χ4v) is 3.02. The normalized spacial score (nSPS) is 10.8. The van der Waals surface area contributed by atoms with Crippen LogP contribution >= 0.6 is 11.3 Å². The topological polar surface area (TPSA) is 33.2 Å². The van der Waals surface area contributed by atoms with E-state index in [0.717, 1.165) is 28.5 Å². The van der Waals surface area contributed by atoms with Gasteiger partial charge >= 0.3 is 0 Å². The summed E-state index contributed by atoms with van der Waals surface area (Å²) in [6, 6.07) is 8.48. The van der Waals surface area contributed by atoms with E-state index in [0.29, 0.717) is 0 Å². The predicted octanol–water partition coefficient (Wildman–Crippen LogP) is 4.02. The van der Waals surface area contributed by atoms with E-state index in [1.54, 1.807) is 0 Å². The SMILES string of the molecule is Cc1ccc(CN(C)c2nc(C(C)C)c(C=O)s2)cc1. The van der Waals surface area contributed by atoms with Gasteiger partial charge in [0.15, 0.2) is 11.4 Å². The van der Waals surface area contributed by atoms with E-state index in [2.05, 4.69) is 54.9 Å². The summed E-state index contributed by atoms with van der Waals surface area (Å²) >= 11 is 1.47. The van der Waals surface area contributed by atoms with Gasteiger partial charge in [-0.25, -0.2) is 4.98 Å². The molecule has 0 spiro atoms. The monoisotopic (exact) mass is 288 g/mol. The number of aldehydes is 1. The molecule has 0 bridgehead atoms. The molecule has 20 heavy (non-hydrogen) atoms. The van der Waals surface area contributed by atoms with Crippen LogP contribution in [0.2, 0.25) is 0 Å². The molecule has 3 nitrogen and oxygen atoms in total. The number of benzene rings is 1. The van der Waals surface area contributed by atoms with Crippen LogP contribution in [0.25, 0.3) is 0 Å². The van der Waals surface area contributed by atoms with Crippen LogP contribution < -0.4 is 4.90 Å². The third kappa shape index (κ3) is 3.25. The van der Waals surface area contributed by atoms with E-state index < -0.39 is 0 Å². The van der Waals surface area contributed by atoms with Gasteiger partial charge in [0.05, 0.1) is 10.6 Å². The number of aryl methyl sites for hydroxylation is 1. The Labute approximate surface area is 124 Å². The van der Waals surface area contributed by atoms with E-state index in [1.165, 1.54) is 22.5 Å². The Morgan fingerprint density at radius 3 is 2.45 bits per heavy atom. The Morgan fingerprint density at radius 1 is 1.30 bits per heavy atom. The van der Waals surface area contributed by atoms with Gasteiger partial charge in [-0.1, -0.05) is 55.0 Å². The molecule has 0 aliphatic heterocycles. The summed E-state index contributed by atoms with van der Waals surface area (Å²) in [4.78, 5) is 18.6. The van der Waals surface area contributed by atoms with Gasteiger partial charge in [-0.3, -0.25) is 4.79 Å². The van der Waals surface area contributed by atoms with Crippen LogP contribution in [0.5, 0.6) is 0 Å². The van der Waals surface area contributed by atoms with E-state index in [-0.39, 0.29) is 5.92 Å². The van der Waals surface area contributed by atoms with Gasteiger partial charge in [0.1, 0.15) is 0 Å². The minimum Gasteiger partial charge on any atom is -0.347 e. The smallest absolute Gasteiger partial charge is 0.186 e. The summed E-state index contributed by atoms with van der Waals surface area (Å²) in [6.45, 7) is 7.00. The van der Waals surface area contributed by atoms with Gasteiger partial charge in [0.2, 0.25) is 0 Å². The number of rotatable bonds is 5. The van der Waals surface area contributed by atoms with Gasteiger partial charge < -0.3 is 4.90 Å².